The molecule has 1 aromatic carbocycles. The molecule has 0 bridgehead atoms. The molecule has 21 heavy (non-hydrogen) atoms. The lowest BCUT2D eigenvalue weighted by atomic mass is 10.2. The predicted molar refractivity (Wildman–Crippen MR) is 83.3 cm³/mol. The van der Waals surface area contributed by atoms with E-state index in [-0.39, 0.29) is 12.6 Å². The molecule has 5 heteroatoms. The zero-order valence-electron chi connectivity index (χ0n) is 13.1. The van der Waals surface area contributed by atoms with E-state index in [4.69, 9.17) is 4.74 Å². The van der Waals surface area contributed by atoms with Gasteiger partial charge in [0.2, 0.25) is 0 Å². The fourth-order valence-electron chi connectivity index (χ4n) is 1.72. The largest absolute Gasteiger partial charge is 0.624 e. The fourth-order valence-corrected chi connectivity index (χ4v) is 1.72. The van der Waals surface area contributed by atoms with Gasteiger partial charge in [0.05, 0.1) is 0 Å². The predicted octanol–water partition coefficient (Wildman–Crippen LogP) is 3.07. The number of benzene rings is 1. The lowest BCUT2D eigenvalue weighted by molar-refractivity contribution is -0.471. The SMILES string of the molecule is CC[C@@H](/C=[N+](\[O-])Cc1ccccc1)NC(=O)OC(C)(C)C. The molecule has 1 atom stereocenters. The van der Waals surface area contributed by atoms with Crippen molar-refractivity contribution in [2.24, 2.45) is 0 Å². The number of hydrogen-bond donors (Lipinski definition) is 1. The van der Waals surface area contributed by atoms with Crippen LogP contribution in [0.4, 0.5) is 4.79 Å². The molecule has 0 radical (unpaired) electrons. The summed E-state index contributed by atoms with van der Waals surface area (Å²) in [6.07, 6.45) is 1.57. The van der Waals surface area contributed by atoms with E-state index in [0.29, 0.717) is 6.42 Å². The summed E-state index contributed by atoms with van der Waals surface area (Å²) in [6.45, 7) is 7.55. The first-order valence-corrected chi connectivity index (χ1v) is 7.12. The van der Waals surface area contributed by atoms with E-state index in [1.54, 1.807) is 20.8 Å². The Morgan fingerprint density at radius 2 is 2.00 bits per heavy atom. The molecule has 0 aliphatic heterocycles. The normalized spacial score (nSPS) is 13.6. The monoisotopic (exact) mass is 292 g/mol. The zero-order valence-corrected chi connectivity index (χ0v) is 13.1. The van der Waals surface area contributed by atoms with Crippen molar-refractivity contribution in [2.45, 2.75) is 52.3 Å². The first-order valence-electron chi connectivity index (χ1n) is 7.12. The third-order valence-corrected chi connectivity index (χ3v) is 2.67. The Morgan fingerprint density at radius 1 is 1.38 bits per heavy atom. The quantitative estimate of drug-likeness (QED) is 0.392. The molecule has 0 unspecified atom stereocenters. The van der Waals surface area contributed by atoms with E-state index in [9.17, 15) is 10.0 Å². The van der Waals surface area contributed by atoms with Crippen molar-refractivity contribution in [1.29, 1.82) is 0 Å². The van der Waals surface area contributed by atoms with Crippen molar-refractivity contribution < 1.29 is 14.3 Å². The van der Waals surface area contributed by atoms with E-state index in [1.165, 1.54) is 6.21 Å². The van der Waals surface area contributed by atoms with Crippen LogP contribution in [-0.4, -0.2) is 28.7 Å². The van der Waals surface area contributed by atoms with Gasteiger partial charge in [-0.1, -0.05) is 37.3 Å². The Kier molecular flexibility index (Phi) is 6.21. The molecule has 1 N–H and O–H groups in total. The van der Waals surface area contributed by atoms with Gasteiger partial charge in [0.25, 0.3) is 0 Å². The van der Waals surface area contributed by atoms with Crippen molar-refractivity contribution in [1.82, 2.24) is 5.32 Å². The third kappa shape index (κ3) is 7.34. The van der Waals surface area contributed by atoms with E-state index >= 15 is 0 Å². The van der Waals surface area contributed by atoms with Crippen LogP contribution in [0.1, 0.15) is 39.7 Å². The van der Waals surface area contributed by atoms with Gasteiger partial charge in [-0.3, -0.25) is 0 Å². The maximum atomic E-state index is 11.9. The average molecular weight is 292 g/mol. The van der Waals surface area contributed by atoms with E-state index < -0.39 is 11.7 Å². The van der Waals surface area contributed by atoms with Crippen molar-refractivity contribution >= 4 is 12.3 Å². The maximum Gasteiger partial charge on any atom is 0.408 e. The van der Waals surface area contributed by atoms with Crippen LogP contribution >= 0.6 is 0 Å². The van der Waals surface area contributed by atoms with Crippen LogP contribution < -0.4 is 5.32 Å². The molecule has 0 aliphatic carbocycles. The molecule has 1 rings (SSSR count). The second-order valence-electron chi connectivity index (χ2n) is 5.87. The zero-order chi connectivity index (χ0) is 15.9. The minimum Gasteiger partial charge on any atom is -0.624 e. The molecule has 1 amide bonds. The molecule has 116 valence electrons. The summed E-state index contributed by atoms with van der Waals surface area (Å²) >= 11 is 0. The number of amides is 1. The average Bonchev–Trinajstić information content (AvgIpc) is 2.36. The van der Waals surface area contributed by atoms with Gasteiger partial charge in [0.1, 0.15) is 11.6 Å². The molecular weight excluding hydrogens is 268 g/mol. The van der Waals surface area contributed by atoms with Gasteiger partial charge in [-0.25, -0.2) is 9.53 Å². The third-order valence-electron chi connectivity index (χ3n) is 2.67. The number of ether oxygens (including phenoxy) is 1. The molecule has 0 aliphatic rings. The van der Waals surface area contributed by atoms with Gasteiger partial charge in [-0.15, -0.1) is 0 Å². The highest BCUT2D eigenvalue weighted by Gasteiger charge is 2.19. The summed E-state index contributed by atoms with van der Waals surface area (Å²) in [5.41, 5.74) is 0.375. The number of carbonyl (C=O) groups is 1. The molecule has 0 spiro atoms. The summed E-state index contributed by atoms with van der Waals surface area (Å²) in [7, 11) is 0. The fraction of sp³-hybridized carbons (Fsp3) is 0.500. The Balaban J connectivity index is 2.59. The topological polar surface area (TPSA) is 64.4 Å². The van der Waals surface area contributed by atoms with Gasteiger partial charge < -0.3 is 15.3 Å². The number of alkyl carbamates (subject to hydrolysis) is 1. The Hall–Kier alpha value is -2.04. The van der Waals surface area contributed by atoms with Crippen LogP contribution in [0.25, 0.3) is 0 Å². The lowest BCUT2D eigenvalue weighted by Crippen LogP contribution is -2.40. The molecular formula is C16H24N2O3. The number of nitrogens with zero attached hydrogens (tertiary/aromatic N) is 1. The molecule has 0 heterocycles. The summed E-state index contributed by atoms with van der Waals surface area (Å²) in [4.78, 5) is 11.7. The standard InChI is InChI=1S/C16H24N2O3/c1-5-14(17-15(19)21-16(2,3)4)12-18(20)11-13-9-7-6-8-10-13/h6-10,12,14H,5,11H2,1-4H3,(H,17,19)/b18-12-/t14-/m0/s1. The molecule has 0 saturated heterocycles. The van der Waals surface area contributed by atoms with Gasteiger partial charge >= 0.3 is 6.09 Å². The Labute approximate surface area is 126 Å². The molecule has 1 aromatic rings. The molecule has 0 fully saturated rings. The second-order valence-corrected chi connectivity index (χ2v) is 5.87. The Bertz CT molecular complexity index is 478. The lowest BCUT2D eigenvalue weighted by Gasteiger charge is -2.21. The van der Waals surface area contributed by atoms with Crippen molar-refractivity contribution in [3.63, 3.8) is 0 Å². The second kappa shape index (κ2) is 7.67. The number of nitrogens with one attached hydrogen (secondary N) is 1. The summed E-state index contributed by atoms with van der Waals surface area (Å²) in [6, 6.07) is 9.11. The van der Waals surface area contributed by atoms with Crippen LogP contribution in [0.3, 0.4) is 0 Å². The highest BCUT2D eigenvalue weighted by atomic mass is 16.6. The summed E-state index contributed by atoms with van der Waals surface area (Å²) in [5.74, 6) is 0. The number of rotatable bonds is 5. The summed E-state index contributed by atoms with van der Waals surface area (Å²) < 4.78 is 6.01. The van der Waals surface area contributed by atoms with Crippen molar-refractivity contribution in [3.8, 4) is 0 Å². The van der Waals surface area contributed by atoms with Gasteiger partial charge in [0.15, 0.2) is 12.8 Å². The molecule has 0 aromatic heterocycles. The first-order chi connectivity index (χ1) is 9.80. The Morgan fingerprint density at radius 3 is 2.52 bits per heavy atom. The molecule has 5 nitrogen and oxygen atoms in total. The van der Waals surface area contributed by atoms with Crippen molar-refractivity contribution in [3.05, 3.63) is 41.1 Å². The van der Waals surface area contributed by atoms with E-state index in [1.807, 2.05) is 37.3 Å². The van der Waals surface area contributed by atoms with Crippen LogP contribution in [0, 0.1) is 5.21 Å². The van der Waals surface area contributed by atoms with Crippen LogP contribution in [-0.2, 0) is 11.3 Å². The summed E-state index contributed by atoms with van der Waals surface area (Å²) in [5, 5.41) is 14.6. The highest BCUT2D eigenvalue weighted by molar-refractivity contribution is 5.73. The number of hydrogen-bond acceptors (Lipinski definition) is 3. The minimum atomic E-state index is -0.552. The van der Waals surface area contributed by atoms with Gasteiger partial charge in [0, 0.05) is 5.56 Å². The number of carbonyl (C=O) groups excluding carboxylic acids is 1. The maximum absolute atomic E-state index is 11.9. The smallest absolute Gasteiger partial charge is 0.408 e. The van der Waals surface area contributed by atoms with Crippen LogP contribution in [0.2, 0.25) is 0 Å². The van der Waals surface area contributed by atoms with E-state index in [0.717, 1.165) is 10.3 Å². The number of hydroxylamine groups is 1. The van der Waals surface area contributed by atoms with E-state index in [2.05, 4.69) is 5.32 Å². The highest BCUT2D eigenvalue weighted by Crippen LogP contribution is 2.07. The van der Waals surface area contributed by atoms with Crippen LogP contribution in [0.5, 0.6) is 0 Å². The van der Waals surface area contributed by atoms with Crippen molar-refractivity contribution in [2.75, 3.05) is 0 Å². The van der Waals surface area contributed by atoms with Gasteiger partial charge in [-0.2, -0.15) is 0 Å². The van der Waals surface area contributed by atoms with Gasteiger partial charge in [-0.05, 0) is 27.2 Å². The first kappa shape index (κ1) is 17.0. The minimum absolute atomic E-state index is 0.257. The molecule has 0 saturated carbocycles. The van der Waals surface area contributed by atoms with Crippen LogP contribution in [0.15, 0.2) is 30.3 Å².